The number of aliphatic hydroxyl groups excluding tert-OH is 1. The van der Waals surface area contributed by atoms with Gasteiger partial charge in [0.1, 0.15) is 6.04 Å². The third-order valence-electron chi connectivity index (χ3n) is 3.49. The molecule has 0 bridgehead atoms. The number of hydrogen-bond acceptors (Lipinski definition) is 3. The monoisotopic (exact) mass is 250 g/mol. The maximum Gasteiger partial charge on any atom is 0.242 e. The minimum Gasteiger partial charge on any atom is -0.394 e. The van der Waals surface area contributed by atoms with E-state index in [1.165, 1.54) is 0 Å². The number of carbonyl (C=O) groups is 1. The van der Waals surface area contributed by atoms with Gasteiger partial charge in [0.2, 0.25) is 5.91 Å². The molecule has 1 unspecified atom stereocenters. The lowest BCUT2D eigenvalue weighted by atomic mass is 9.93. The molecule has 1 atom stereocenters. The molecular weight excluding hydrogens is 228 g/mol. The lowest BCUT2D eigenvalue weighted by Gasteiger charge is -2.32. The maximum absolute atomic E-state index is 12.1. The second kappa shape index (κ2) is 6.52. The summed E-state index contributed by atoms with van der Waals surface area (Å²) in [6, 6.07) is 8.52. The Bertz CT molecular complexity index is 366. The Morgan fingerprint density at radius 2 is 1.89 bits per heavy atom. The van der Waals surface area contributed by atoms with Gasteiger partial charge in [-0.25, -0.2) is 0 Å². The Kier molecular flexibility index (Phi) is 5.31. The van der Waals surface area contributed by atoms with E-state index in [1.807, 2.05) is 44.2 Å². The van der Waals surface area contributed by atoms with E-state index in [4.69, 9.17) is 5.73 Å². The first-order valence-electron chi connectivity index (χ1n) is 6.32. The van der Waals surface area contributed by atoms with Crippen LogP contribution in [0.25, 0.3) is 0 Å². The molecule has 0 aliphatic carbocycles. The van der Waals surface area contributed by atoms with E-state index in [1.54, 1.807) is 0 Å². The zero-order valence-corrected chi connectivity index (χ0v) is 11.0. The average molecular weight is 250 g/mol. The second-order valence-electron chi connectivity index (χ2n) is 4.52. The van der Waals surface area contributed by atoms with Gasteiger partial charge in [-0.2, -0.15) is 0 Å². The van der Waals surface area contributed by atoms with Crippen LogP contribution in [-0.4, -0.2) is 23.2 Å². The van der Waals surface area contributed by atoms with E-state index in [0.29, 0.717) is 12.8 Å². The fourth-order valence-corrected chi connectivity index (χ4v) is 1.84. The number of nitrogens with one attached hydrogen (secondary N) is 1. The Morgan fingerprint density at radius 1 is 1.33 bits per heavy atom. The summed E-state index contributed by atoms with van der Waals surface area (Å²) in [7, 11) is 0. The first-order chi connectivity index (χ1) is 8.58. The highest BCUT2D eigenvalue weighted by molar-refractivity contribution is 5.83. The van der Waals surface area contributed by atoms with Crippen LogP contribution in [0.2, 0.25) is 0 Å². The van der Waals surface area contributed by atoms with Crippen LogP contribution in [0.5, 0.6) is 0 Å². The summed E-state index contributed by atoms with van der Waals surface area (Å²) in [5.74, 6) is -0.251. The topological polar surface area (TPSA) is 75.3 Å². The van der Waals surface area contributed by atoms with Crippen LogP contribution < -0.4 is 11.1 Å². The number of rotatable bonds is 6. The predicted octanol–water partition coefficient (Wildman–Crippen LogP) is 1.35. The molecule has 18 heavy (non-hydrogen) atoms. The van der Waals surface area contributed by atoms with Crippen LogP contribution in [0.1, 0.15) is 38.3 Å². The summed E-state index contributed by atoms with van der Waals surface area (Å²) in [6.45, 7) is 3.80. The predicted molar refractivity (Wildman–Crippen MR) is 71.9 cm³/mol. The molecule has 4 nitrogen and oxygen atoms in total. The zero-order valence-electron chi connectivity index (χ0n) is 11.0. The van der Waals surface area contributed by atoms with Crippen molar-refractivity contribution < 1.29 is 9.90 Å². The van der Waals surface area contributed by atoms with Gasteiger partial charge in [-0.05, 0) is 18.4 Å². The summed E-state index contributed by atoms with van der Waals surface area (Å²) < 4.78 is 0. The van der Waals surface area contributed by atoms with Crippen molar-refractivity contribution in [3.8, 4) is 0 Å². The molecule has 4 N–H and O–H groups in total. The summed E-state index contributed by atoms with van der Waals surface area (Å²) in [6.07, 6.45) is 1.35. The molecule has 1 rings (SSSR count). The van der Waals surface area contributed by atoms with Crippen LogP contribution >= 0.6 is 0 Å². The first-order valence-corrected chi connectivity index (χ1v) is 6.32. The van der Waals surface area contributed by atoms with E-state index >= 15 is 0 Å². The molecule has 0 heterocycles. The smallest absolute Gasteiger partial charge is 0.242 e. The highest BCUT2D eigenvalue weighted by atomic mass is 16.3. The van der Waals surface area contributed by atoms with Crippen LogP contribution in [0.3, 0.4) is 0 Å². The van der Waals surface area contributed by atoms with Crippen molar-refractivity contribution in [3.05, 3.63) is 35.9 Å². The largest absolute Gasteiger partial charge is 0.394 e. The lowest BCUT2D eigenvalue weighted by molar-refractivity contribution is -0.125. The number of benzene rings is 1. The Hall–Kier alpha value is -1.39. The summed E-state index contributed by atoms with van der Waals surface area (Å²) in [5, 5.41) is 12.3. The van der Waals surface area contributed by atoms with Gasteiger partial charge in [0, 0.05) is 0 Å². The van der Waals surface area contributed by atoms with E-state index < -0.39 is 11.6 Å². The van der Waals surface area contributed by atoms with E-state index in [0.717, 1.165) is 5.56 Å². The Balaban J connectivity index is 2.76. The molecule has 0 aliphatic rings. The number of aliphatic hydroxyl groups is 1. The van der Waals surface area contributed by atoms with Crippen molar-refractivity contribution in [2.24, 2.45) is 5.73 Å². The molecule has 1 aromatic carbocycles. The van der Waals surface area contributed by atoms with Gasteiger partial charge >= 0.3 is 0 Å². The molecule has 0 aromatic heterocycles. The van der Waals surface area contributed by atoms with Gasteiger partial charge < -0.3 is 16.2 Å². The molecule has 0 saturated carbocycles. The SMILES string of the molecule is CCC(CC)(CO)NC(=O)C(N)c1ccccc1. The average Bonchev–Trinajstić information content (AvgIpc) is 2.45. The lowest BCUT2D eigenvalue weighted by Crippen LogP contribution is -2.53. The van der Waals surface area contributed by atoms with Crippen LogP contribution in [0, 0.1) is 0 Å². The van der Waals surface area contributed by atoms with Crippen molar-refractivity contribution in [2.45, 2.75) is 38.3 Å². The van der Waals surface area contributed by atoms with Crippen LogP contribution in [-0.2, 0) is 4.79 Å². The minimum atomic E-state index is -0.699. The molecule has 0 saturated heterocycles. The van der Waals surface area contributed by atoms with Crippen molar-refractivity contribution in [1.82, 2.24) is 5.32 Å². The zero-order chi connectivity index (χ0) is 13.6. The third kappa shape index (κ3) is 3.31. The van der Waals surface area contributed by atoms with Crippen molar-refractivity contribution in [2.75, 3.05) is 6.61 Å². The summed E-state index contributed by atoms with van der Waals surface area (Å²) >= 11 is 0. The van der Waals surface area contributed by atoms with Crippen LogP contribution in [0.4, 0.5) is 0 Å². The molecular formula is C14H22N2O2. The van der Waals surface area contributed by atoms with Crippen molar-refractivity contribution >= 4 is 5.91 Å². The van der Waals surface area contributed by atoms with Gasteiger partial charge in [-0.15, -0.1) is 0 Å². The van der Waals surface area contributed by atoms with Gasteiger partial charge in [-0.3, -0.25) is 4.79 Å². The number of nitrogens with two attached hydrogens (primary N) is 1. The molecule has 1 aromatic rings. The van der Waals surface area contributed by atoms with Gasteiger partial charge in [-0.1, -0.05) is 44.2 Å². The molecule has 0 spiro atoms. The molecule has 0 radical (unpaired) electrons. The molecule has 4 heteroatoms. The van der Waals surface area contributed by atoms with E-state index in [9.17, 15) is 9.90 Å². The number of amides is 1. The maximum atomic E-state index is 12.1. The molecule has 1 amide bonds. The van der Waals surface area contributed by atoms with Crippen molar-refractivity contribution in [1.29, 1.82) is 0 Å². The van der Waals surface area contributed by atoms with Crippen molar-refractivity contribution in [3.63, 3.8) is 0 Å². The highest BCUT2D eigenvalue weighted by Gasteiger charge is 2.29. The summed E-state index contributed by atoms with van der Waals surface area (Å²) in [4.78, 5) is 12.1. The van der Waals surface area contributed by atoms with Gasteiger partial charge in [0.25, 0.3) is 0 Å². The molecule has 100 valence electrons. The van der Waals surface area contributed by atoms with Crippen LogP contribution in [0.15, 0.2) is 30.3 Å². The Labute approximate surface area is 108 Å². The molecule has 0 aliphatic heterocycles. The van der Waals surface area contributed by atoms with E-state index in [-0.39, 0.29) is 12.5 Å². The van der Waals surface area contributed by atoms with E-state index in [2.05, 4.69) is 5.32 Å². The minimum absolute atomic E-state index is 0.0761. The second-order valence-corrected chi connectivity index (χ2v) is 4.52. The summed E-state index contributed by atoms with van der Waals surface area (Å²) in [5.41, 5.74) is 6.12. The van der Waals surface area contributed by atoms with Gasteiger partial charge in [0.15, 0.2) is 0 Å². The fraction of sp³-hybridized carbons (Fsp3) is 0.500. The quantitative estimate of drug-likeness (QED) is 0.713. The highest BCUT2D eigenvalue weighted by Crippen LogP contribution is 2.17. The Morgan fingerprint density at radius 3 is 2.33 bits per heavy atom. The molecule has 0 fully saturated rings. The number of carbonyl (C=O) groups excluding carboxylic acids is 1. The third-order valence-corrected chi connectivity index (χ3v) is 3.49. The van der Waals surface area contributed by atoms with Gasteiger partial charge in [0.05, 0.1) is 12.1 Å². The normalized spacial score (nSPS) is 13.1. The fourth-order valence-electron chi connectivity index (χ4n) is 1.84. The number of hydrogen-bond donors (Lipinski definition) is 3. The first kappa shape index (κ1) is 14.7. The standard InChI is InChI=1S/C14H22N2O2/c1-3-14(4-2,10-17)16-13(18)12(15)11-8-6-5-7-9-11/h5-9,12,17H,3-4,10,15H2,1-2H3,(H,16,18).